The van der Waals surface area contributed by atoms with Crippen molar-refractivity contribution in [2.45, 2.75) is 57.0 Å². The number of likely N-dealkylation sites (tertiary alicyclic amines) is 1. The van der Waals surface area contributed by atoms with E-state index in [1.165, 1.54) is 17.1 Å². The lowest BCUT2D eigenvalue weighted by molar-refractivity contribution is -0.155. The number of urea groups is 1. The number of aryl methyl sites for hydroxylation is 1. The van der Waals surface area contributed by atoms with Gasteiger partial charge in [0.25, 0.3) is 0 Å². The van der Waals surface area contributed by atoms with Gasteiger partial charge in [0, 0.05) is 32.0 Å². The van der Waals surface area contributed by atoms with Crippen LogP contribution in [0.1, 0.15) is 38.7 Å². The molecule has 3 heterocycles. The molecule has 1 N–H and O–H groups in total. The van der Waals surface area contributed by atoms with Gasteiger partial charge in [-0.25, -0.2) is 14.8 Å². The highest BCUT2D eigenvalue weighted by atomic mass is 19.4. The molecule has 4 atom stereocenters. The number of anilines is 1. The van der Waals surface area contributed by atoms with Crippen LogP contribution < -0.4 is 5.32 Å². The van der Waals surface area contributed by atoms with Crippen LogP contribution in [0.15, 0.2) is 18.6 Å². The Morgan fingerprint density at radius 1 is 1.35 bits per heavy atom. The van der Waals surface area contributed by atoms with E-state index in [9.17, 15) is 18.0 Å². The molecule has 2 bridgehead atoms. The molecule has 0 aromatic carbocycles. The summed E-state index contributed by atoms with van der Waals surface area (Å²) in [6.07, 6.45) is -0.230. The first-order valence-corrected chi connectivity index (χ1v) is 10.1. The number of nitrogens with zero attached hydrogens (tertiary/aromatic N) is 5. The van der Waals surface area contributed by atoms with Crippen molar-refractivity contribution < 1.29 is 22.7 Å². The summed E-state index contributed by atoms with van der Waals surface area (Å²) in [5.41, 5.74) is -1.62. The summed E-state index contributed by atoms with van der Waals surface area (Å²) in [5.74, 6) is 0.386. The molecule has 2 aromatic heterocycles. The number of alkyl halides is 3. The van der Waals surface area contributed by atoms with Crippen molar-refractivity contribution in [1.82, 2.24) is 24.6 Å². The molecule has 4 rings (SSSR count). The van der Waals surface area contributed by atoms with Crippen LogP contribution in [0, 0.1) is 5.92 Å². The van der Waals surface area contributed by atoms with Crippen LogP contribution >= 0.6 is 0 Å². The summed E-state index contributed by atoms with van der Waals surface area (Å²) in [6, 6.07) is 0.854. The van der Waals surface area contributed by atoms with Gasteiger partial charge >= 0.3 is 12.2 Å². The van der Waals surface area contributed by atoms with Gasteiger partial charge in [-0.1, -0.05) is 6.92 Å². The lowest BCUT2D eigenvalue weighted by atomic mass is 9.62. The van der Waals surface area contributed by atoms with Crippen LogP contribution in [-0.4, -0.2) is 55.5 Å². The maximum Gasteiger partial charge on any atom is 0.418 e. The molecule has 1 saturated carbocycles. The third kappa shape index (κ3) is 3.64. The normalized spacial score (nSPS) is 26.4. The van der Waals surface area contributed by atoms with Crippen molar-refractivity contribution in [3.63, 3.8) is 0 Å². The molecule has 2 aromatic rings. The second kappa shape index (κ2) is 7.47. The largest absolute Gasteiger partial charge is 0.418 e. The van der Waals surface area contributed by atoms with E-state index in [2.05, 4.69) is 27.3 Å². The third-order valence-corrected chi connectivity index (χ3v) is 6.42. The van der Waals surface area contributed by atoms with Crippen molar-refractivity contribution in [3.05, 3.63) is 24.2 Å². The number of fused-ring (bicyclic) bond motifs is 2. The zero-order chi connectivity index (χ0) is 22.6. The molecule has 0 radical (unpaired) electrons. The number of amides is 2. The third-order valence-electron chi connectivity index (χ3n) is 6.42. The van der Waals surface area contributed by atoms with E-state index in [0.717, 1.165) is 19.3 Å². The summed E-state index contributed by atoms with van der Waals surface area (Å²) >= 11 is 0. The fraction of sp³-hybridized carbons (Fsp3) is 0.600. The Morgan fingerprint density at radius 3 is 2.71 bits per heavy atom. The Hall–Kier alpha value is -2.69. The summed E-state index contributed by atoms with van der Waals surface area (Å²) in [7, 11) is 3.18. The zero-order valence-electron chi connectivity index (χ0n) is 17.8. The minimum atomic E-state index is -4.63. The average molecular weight is 438 g/mol. The predicted octanol–water partition coefficient (Wildman–Crippen LogP) is 3.71. The highest BCUT2D eigenvalue weighted by Gasteiger charge is 2.61. The number of ether oxygens (including phenoxy) is 1. The van der Waals surface area contributed by atoms with Gasteiger partial charge < -0.3 is 9.64 Å². The molecular weight excluding hydrogens is 413 g/mol. The highest BCUT2D eigenvalue weighted by molar-refractivity contribution is 5.91. The Labute approximate surface area is 177 Å². The van der Waals surface area contributed by atoms with E-state index in [0.29, 0.717) is 12.1 Å². The molecule has 1 aliphatic carbocycles. The van der Waals surface area contributed by atoms with E-state index in [4.69, 9.17) is 4.74 Å². The quantitative estimate of drug-likeness (QED) is 0.787. The zero-order valence-corrected chi connectivity index (χ0v) is 17.8. The van der Waals surface area contributed by atoms with Crippen molar-refractivity contribution in [2.75, 3.05) is 12.4 Å². The molecule has 1 unspecified atom stereocenters. The van der Waals surface area contributed by atoms with Gasteiger partial charge in [-0.15, -0.1) is 0 Å². The number of carbonyl (C=O) groups is 1. The fourth-order valence-electron chi connectivity index (χ4n) is 5.05. The minimum absolute atomic E-state index is 0.0127. The molecule has 1 saturated heterocycles. The number of piperidine rings is 1. The molecule has 2 aliphatic rings. The molecule has 31 heavy (non-hydrogen) atoms. The molecule has 168 valence electrons. The average Bonchev–Trinajstić information content (AvgIpc) is 3.11. The van der Waals surface area contributed by atoms with Crippen molar-refractivity contribution in [2.24, 2.45) is 13.0 Å². The van der Waals surface area contributed by atoms with Crippen LogP contribution in [0.5, 0.6) is 0 Å². The molecule has 2 fully saturated rings. The number of carbonyl (C=O) groups excluding carboxylic acids is 1. The number of aromatic nitrogens is 4. The summed E-state index contributed by atoms with van der Waals surface area (Å²) < 4.78 is 47.3. The number of halogens is 3. The topological polar surface area (TPSA) is 85.2 Å². The lowest BCUT2D eigenvalue weighted by Crippen LogP contribution is -2.76. The van der Waals surface area contributed by atoms with Crippen LogP contribution in [0.2, 0.25) is 0 Å². The number of methoxy groups -OCH3 is 1. The van der Waals surface area contributed by atoms with E-state index < -0.39 is 17.3 Å². The molecule has 11 heteroatoms. The van der Waals surface area contributed by atoms with E-state index >= 15 is 0 Å². The Bertz CT molecular complexity index is 994. The smallest absolute Gasteiger partial charge is 0.379 e. The molecule has 8 nitrogen and oxygen atoms in total. The van der Waals surface area contributed by atoms with E-state index in [1.54, 1.807) is 19.1 Å². The van der Waals surface area contributed by atoms with Crippen LogP contribution in [-0.2, 0) is 18.0 Å². The maximum absolute atomic E-state index is 13.5. The Balaban J connectivity index is 1.63. The van der Waals surface area contributed by atoms with Gasteiger partial charge in [0.05, 0.1) is 17.2 Å². The molecular formula is C20H25F3N6O2. The lowest BCUT2D eigenvalue weighted by Gasteiger charge is -2.65. The summed E-state index contributed by atoms with van der Waals surface area (Å²) in [6.45, 7) is 4.10. The van der Waals surface area contributed by atoms with Crippen molar-refractivity contribution >= 4 is 11.8 Å². The summed E-state index contributed by atoms with van der Waals surface area (Å²) in [4.78, 5) is 22.7. The second-order valence-electron chi connectivity index (χ2n) is 8.54. The Morgan fingerprint density at radius 2 is 2.10 bits per heavy atom. The van der Waals surface area contributed by atoms with Gasteiger partial charge in [0.2, 0.25) is 0 Å². The van der Waals surface area contributed by atoms with Crippen molar-refractivity contribution in [3.8, 4) is 11.4 Å². The van der Waals surface area contributed by atoms with Gasteiger partial charge in [-0.3, -0.25) is 10.00 Å². The first-order chi connectivity index (χ1) is 14.5. The number of hydrogen-bond acceptors (Lipinski definition) is 5. The van der Waals surface area contributed by atoms with E-state index in [1.807, 2.05) is 6.92 Å². The summed E-state index contributed by atoms with van der Waals surface area (Å²) in [5, 5.41) is 6.65. The van der Waals surface area contributed by atoms with Crippen molar-refractivity contribution in [1.29, 1.82) is 0 Å². The van der Waals surface area contributed by atoms with Gasteiger partial charge in [0.15, 0.2) is 5.82 Å². The van der Waals surface area contributed by atoms with E-state index in [-0.39, 0.29) is 35.4 Å². The van der Waals surface area contributed by atoms with Crippen LogP contribution in [0.4, 0.5) is 23.8 Å². The monoisotopic (exact) mass is 438 g/mol. The predicted molar refractivity (Wildman–Crippen MR) is 106 cm³/mol. The highest BCUT2D eigenvalue weighted by Crippen LogP contribution is 2.52. The number of hydrogen-bond donors (Lipinski definition) is 1. The minimum Gasteiger partial charge on any atom is -0.379 e. The van der Waals surface area contributed by atoms with Gasteiger partial charge in [-0.2, -0.15) is 18.3 Å². The standard InChI is InChI=1S/C20H25F3N6O2/c1-11-5-13-8-19(7-11,12(2)31-4)29(13)18(30)26-16-6-14(17-25-10-28(3)27-17)15(9-24-16)20(21,22)23/h6,9-13H,5,7-8H2,1-4H3,(H,24,26,30)/t11-,12?,13-,19+/m1/s1. The Kier molecular flexibility index (Phi) is 5.19. The molecule has 0 spiro atoms. The van der Waals surface area contributed by atoms with Crippen LogP contribution in [0.25, 0.3) is 11.4 Å². The first-order valence-electron chi connectivity index (χ1n) is 10.1. The number of rotatable bonds is 4. The van der Waals surface area contributed by atoms with Gasteiger partial charge in [-0.05, 0) is 38.2 Å². The molecule has 1 aliphatic heterocycles. The maximum atomic E-state index is 13.5. The number of pyridine rings is 1. The van der Waals surface area contributed by atoms with Gasteiger partial charge in [0.1, 0.15) is 12.1 Å². The SMILES string of the molecule is COC(C)[C@]12C[C@H](C)C[C@H](C1)N2C(=O)Nc1cc(-c2ncn(C)n2)c(C(F)(F)F)cn1. The first kappa shape index (κ1) is 21.5. The number of nitrogens with one attached hydrogen (secondary N) is 1. The molecule has 2 amide bonds. The fourth-order valence-corrected chi connectivity index (χ4v) is 5.05. The second-order valence-corrected chi connectivity index (χ2v) is 8.54. The van der Waals surface area contributed by atoms with Crippen LogP contribution in [0.3, 0.4) is 0 Å².